The maximum atomic E-state index is 2.75. The average Bonchev–Trinajstić information content (AvgIpc) is 3.58. The fraction of sp³-hybridized carbons (Fsp3) is 0.357. The Morgan fingerprint density at radius 2 is 1.38 bits per heavy atom. The van der Waals surface area contributed by atoms with E-state index in [9.17, 15) is 0 Å². The van der Waals surface area contributed by atoms with Crippen LogP contribution in [-0.4, -0.2) is 3.71 Å². The van der Waals surface area contributed by atoms with Gasteiger partial charge in [-0.05, 0) is 0 Å². The predicted molar refractivity (Wildman–Crippen MR) is 183 cm³/mol. The van der Waals surface area contributed by atoms with Gasteiger partial charge in [-0.25, -0.2) is 0 Å². The van der Waals surface area contributed by atoms with Crippen molar-refractivity contribution in [2.75, 3.05) is 0 Å². The van der Waals surface area contributed by atoms with Crippen LogP contribution >= 0.6 is 0 Å². The first kappa shape index (κ1) is 34.3. The third kappa shape index (κ3) is 5.25. The van der Waals surface area contributed by atoms with Gasteiger partial charge in [-0.1, -0.05) is 0 Å². The Morgan fingerprint density at radius 3 is 1.98 bits per heavy atom. The standard InChI is InChI=1S/C25H25.C10H15.C7H6.2ClH.Zr/c1-14-12-24(3,4)22-8-16-7-17-9-23-19(15(2)13-25(23,5)6)11-21(17)20(16)10-18(14)22;1-7(2)10-6-8(3)5-9(10)4;1-7-5-3-2-4-6-7;;;/h8-12H,7H2,1-6H3;6-8H,1-4H3;1-6H;2*1H;/q;;;;;+2/p-2. The molecule has 3 aromatic rings. The maximum absolute atomic E-state index is 2.75. The first-order valence-electron chi connectivity index (χ1n) is 16.3. The van der Waals surface area contributed by atoms with Crippen molar-refractivity contribution < 1.29 is 46.1 Å². The van der Waals surface area contributed by atoms with Gasteiger partial charge in [0.2, 0.25) is 0 Å². The third-order valence-corrected chi connectivity index (χ3v) is 19.7. The van der Waals surface area contributed by atoms with Crippen molar-refractivity contribution >= 4 is 14.9 Å². The predicted octanol–water partition coefficient (Wildman–Crippen LogP) is 4.96. The van der Waals surface area contributed by atoms with Crippen LogP contribution in [0.25, 0.3) is 22.3 Å². The summed E-state index contributed by atoms with van der Waals surface area (Å²) in [6.45, 7) is 24.1. The van der Waals surface area contributed by atoms with E-state index in [1.807, 2.05) is 0 Å². The van der Waals surface area contributed by atoms with E-state index in [4.69, 9.17) is 0 Å². The number of fused-ring (bicyclic) bond motifs is 5. The first-order valence-corrected chi connectivity index (χ1v) is 20.1. The van der Waals surface area contributed by atoms with Crippen molar-refractivity contribution in [2.45, 2.75) is 86.5 Å². The van der Waals surface area contributed by atoms with Crippen LogP contribution in [0, 0.1) is 11.8 Å². The van der Waals surface area contributed by atoms with Gasteiger partial charge in [-0.2, -0.15) is 0 Å². The van der Waals surface area contributed by atoms with Crippen LogP contribution in [0.3, 0.4) is 0 Å². The topological polar surface area (TPSA) is 0 Å². The van der Waals surface area contributed by atoms with Gasteiger partial charge in [0.05, 0.1) is 0 Å². The van der Waals surface area contributed by atoms with Crippen molar-refractivity contribution in [3.05, 3.63) is 123 Å². The molecule has 0 aliphatic heterocycles. The Labute approximate surface area is 291 Å². The second-order valence-electron chi connectivity index (χ2n) is 15.0. The number of hydrogen-bond donors (Lipinski definition) is 0. The van der Waals surface area contributed by atoms with E-state index in [-0.39, 0.29) is 35.6 Å². The van der Waals surface area contributed by atoms with E-state index in [1.54, 1.807) is 28.8 Å². The summed E-state index contributed by atoms with van der Waals surface area (Å²) in [6, 6.07) is 21.4. The Kier molecular flexibility index (Phi) is 9.05. The molecule has 7 rings (SSSR count). The number of halogens is 2. The van der Waals surface area contributed by atoms with Gasteiger partial charge < -0.3 is 24.8 Å². The number of hydrogen-bond acceptors (Lipinski definition) is 0. The molecule has 3 heteroatoms. The quantitative estimate of drug-likeness (QED) is 0.281. The van der Waals surface area contributed by atoms with E-state index in [0.717, 1.165) is 6.42 Å². The second-order valence-corrected chi connectivity index (χ2v) is 20.3. The van der Waals surface area contributed by atoms with Crippen molar-refractivity contribution in [1.29, 1.82) is 0 Å². The molecule has 232 valence electrons. The minimum Gasteiger partial charge on any atom is -1.00 e. The minimum absolute atomic E-state index is 0. The van der Waals surface area contributed by atoms with Gasteiger partial charge in [-0.15, -0.1) is 0 Å². The summed E-state index contributed by atoms with van der Waals surface area (Å²) < 4.78 is 6.31. The molecule has 0 bridgehead atoms. The molecule has 0 aromatic heterocycles. The van der Waals surface area contributed by atoms with E-state index >= 15 is 0 Å². The first-order chi connectivity index (χ1) is 20.3. The van der Waals surface area contributed by atoms with Gasteiger partial charge in [0.25, 0.3) is 0 Å². The van der Waals surface area contributed by atoms with Crippen LogP contribution in [0.15, 0.2) is 84.5 Å². The molecule has 3 aromatic carbocycles. The van der Waals surface area contributed by atoms with E-state index < -0.39 is 21.3 Å². The summed E-state index contributed by atoms with van der Waals surface area (Å²) in [5.41, 5.74) is 19.6. The molecule has 0 fully saturated rings. The summed E-state index contributed by atoms with van der Waals surface area (Å²) in [7, 11) is 0. The molecule has 0 nitrogen and oxygen atoms in total. The van der Waals surface area contributed by atoms with Gasteiger partial charge in [0.1, 0.15) is 0 Å². The number of benzene rings is 3. The smallest absolute Gasteiger partial charge is 1.00 e. The zero-order valence-electron chi connectivity index (χ0n) is 28.5. The van der Waals surface area contributed by atoms with E-state index in [1.165, 1.54) is 50.1 Å². The molecule has 1 atom stereocenters. The van der Waals surface area contributed by atoms with Crippen molar-refractivity contribution in [2.24, 2.45) is 11.8 Å². The fourth-order valence-corrected chi connectivity index (χ4v) is 17.8. The van der Waals surface area contributed by atoms with E-state index in [2.05, 4.69) is 140 Å². The summed E-state index contributed by atoms with van der Waals surface area (Å²) in [6.07, 6.45) is 6.09. The minimum atomic E-state index is -2.49. The normalized spacial score (nSPS) is 19.9. The SMILES string of the molecule is CC1=CC(C)(C)c2cc3c(cc21)-c1cc2c(cc1C3)C(C)(C)[C]([Zr+2](=[CH]c1ccccc1)[C]1=C(C)C(C(C)C)=CC1C)=C2C.[Cl-].[Cl-]. The Hall–Kier alpha value is -2.05. The zero-order chi connectivity index (χ0) is 30.6. The summed E-state index contributed by atoms with van der Waals surface area (Å²) in [5, 5.41) is 0. The van der Waals surface area contributed by atoms with Gasteiger partial charge >= 0.3 is 269 Å². The molecule has 0 amide bonds. The van der Waals surface area contributed by atoms with Crippen LogP contribution in [0.4, 0.5) is 0 Å². The molecule has 1 unspecified atom stereocenters. The van der Waals surface area contributed by atoms with Crippen LogP contribution in [-0.2, 0) is 38.5 Å². The Bertz CT molecular complexity index is 1890. The monoisotopic (exact) mass is 710 g/mol. The summed E-state index contributed by atoms with van der Waals surface area (Å²) >= 11 is -2.49. The van der Waals surface area contributed by atoms with Crippen molar-refractivity contribution in [1.82, 2.24) is 0 Å². The largest absolute Gasteiger partial charge is 1.00 e. The Balaban J connectivity index is 0.00000200. The van der Waals surface area contributed by atoms with Crippen LogP contribution in [0.5, 0.6) is 0 Å². The molecule has 0 spiro atoms. The molecule has 45 heavy (non-hydrogen) atoms. The molecule has 0 saturated carbocycles. The van der Waals surface area contributed by atoms with Gasteiger partial charge in [-0.3, -0.25) is 0 Å². The summed E-state index contributed by atoms with van der Waals surface area (Å²) in [4.78, 5) is 0. The zero-order valence-corrected chi connectivity index (χ0v) is 32.5. The van der Waals surface area contributed by atoms with Crippen LogP contribution in [0.2, 0.25) is 0 Å². The van der Waals surface area contributed by atoms with E-state index in [0.29, 0.717) is 11.8 Å². The average molecular weight is 713 g/mol. The van der Waals surface area contributed by atoms with Crippen LogP contribution < -0.4 is 24.8 Å². The van der Waals surface area contributed by atoms with Crippen molar-refractivity contribution in [3.8, 4) is 11.1 Å². The molecule has 0 N–H and O–H groups in total. The molecular formula is C42H46Cl2Zr. The van der Waals surface area contributed by atoms with Crippen molar-refractivity contribution in [3.63, 3.8) is 0 Å². The molecule has 0 radical (unpaired) electrons. The van der Waals surface area contributed by atoms with Crippen LogP contribution in [0.1, 0.15) is 108 Å². The summed E-state index contributed by atoms with van der Waals surface area (Å²) in [5.74, 6) is 1.09. The molecule has 4 aliphatic carbocycles. The molecular weight excluding hydrogens is 667 g/mol. The van der Waals surface area contributed by atoms with Gasteiger partial charge in [0.15, 0.2) is 0 Å². The molecule has 0 heterocycles. The fourth-order valence-electron chi connectivity index (χ4n) is 9.00. The second kappa shape index (κ2) is 11.9. The number of rotatable bonds is 4. The van der Waals surface area contributed by atoms with Gasteiger partial charge in [0, 0.05) is 0 Å². The maximum Gasteiger partial charge on any atom is -1.00 e. The Morgan fingerprint density at radius 1 is 0.778 bits per heavy atom. The molecule has 0 saturated heterocycles. The number of allylic oxidation sites excluding steroid dienone is 8. The third-order valence-electron chi connectivity index (χ3n) is 10.9. The molecule has 4 aliphatic rings.